The second-order valence-electron chi connectivity index (χ2n) is 4.37. The highest BCUT2D eigenvalue weighted by Crippen LogP contribution is 2.13. The normalized spacial score (nSPS) is 11.9. The Hall–Kier alpha value is -1.68. The lowest BCUT2D eigenvalue weighted by Crippen LogP contribution is -2.28. The molecule has 0 fully saturated rings. The zero-order chi connectivity index (χ0) is 13.7. The molecule has 1 heterocycles. The summed E-state index contributed by atoms with van der Waals surface area (Å²) in [4.78, 5) is 15.9. The summed E-state index contributed by atoms with van der Waals surface area (Å²) >= 11 is 3.38. The molecule has 0 aliphatic heterocycles. The first-order valence-electron chi connectivity index (χ1n) is 6.09. The lowest BCUT2D eigenvalue weighted by Gasteiger charge is -2.14. The number of hydrogen-bond donors (Lipinski definition) is 1. The number of hydrogen-bond acceptors (Lipinski definition) is 2. The molecular weight excluding hydrogens is 304 g/mol. The molecule has 3 nitrogen and oxygen atoms in total. The van der Waals surface area contributed by atoms with Gasteiger partial charge in [0.15, 0.2) is 0 Å². The van der Waals surface area contributed by atoms with Crippen LogP contribution in [-0.4, -0.2) is 10.9 Å². The maximum Gasteiger partial charge on any atom is 0.224 e. The Labute approximate surface area is 121 Å². The molecule has 1 unspecified atom stereocenters. The molecule has 0 saturated carbocycles. The molecule has 2 aromatic rings. The minimum absolute atomic E-state index is 0.00838. The van der Waals surface area contributed by atoms with Crippen LogP contribution in [0.4, 0.5) is 0 Å². The van der Waals surface area contributed by atoms with Gasteiger partial charge in [-0.1, -0.05) is 28.1 Å². The predicted molar refractivity (Wildman–Crippen MR) is 78.6 cm³/mol. The van der Waals surface area contributed by atoms with Crippen molar-refractivity contribution < 1.29 is 4.79 Å². The number of halogens is 1. The Balaban J connectivity index is 1.93. The van der Waals surface area contributed by atoms with E-state index in [-0.39, 0.29) is 11.9 Å². The van der Waals surface area contributed by atoms with E-state index in [9.17, 15) is 4.79 Å². The number of amides is 1. The molecule has 1 amide bonds. The molecule has 1 aromatic heterocycles. The molecule has 4 heteroatoms. The van der Waals surface area contributed by atoms with E-state index < -0.39 is 0 Å². The lowest BCUT2D eigenvalue weighted by molar-refractivity contribution is -0.121. The molecule has 0 saturated heterocycles. The van der Waals surface area contributed by atoms with E-state index in [0.29, 0.717) is 6.42 Å². The molecule has 2 rings (SSSR count). The molecule has 0 aliphatic rings. The van der Waals surface area contributed by atoms with Crippen molar-refractivity contribution in [3.05, 3.63) is 64.4 Å². The van der Waals surface area contributed by atoms with Gasteiger partial charge in [-0.15, -0.1) is 0 Å². The van der Waals surface area contributed by atoms with Crippen LogP contribution in [0.1, 0.15) is 24.1 Å². The third-order valence-electron chi connectivity index (χ3n) is 2.86. The SMILES string of the molecule is CC(NC(=O)Cc1ccc(Br)cc1)c1ccncc1. The van der Waals surface area contributed by atoms with Crippen molar-refractivity contribution in [3.63, 3.8) is 0 Å². The summed E-state index contributed by atoms with van der Waals surface area (Å²) in [5.41, 5.74) is 2.06. The highest BCUT2D eigenvalue weighted by atomic mass is 79.9. The van der Waals surface area contributed by atoms with E-state index >= 15 is 0 Å². The van der Waals surface area contributed by atoms with E-state index in [4.69, 9.17) is 0 Å². The summed E-state index contributed by atoms with van der Waals surface area (Å²) in [6.07, 6.45) is 3.85. The molecule has 0 aliphatic carbocycles. The topological polar surface area (TPSA) is 42.0 Å². The summed E-state index contributed by atoms with van der Waals surface area (Å²) < 4.78 is 1.02. The minimum Gasteiger partial charge on any atom is -0.349 e. The van der Waals surface area contributed by atoms with Gasteiger partial charge >= 0.3 is 0 Å². The van der Waals surface area contributed by atoms with Crippen LogP contribution in [0.25, 0.3) is 0 Å². The Morgan fingerprint density at radius 2 is 1.84 bits per heavy atom. The van der Waals surface area contributed by atoms with Gasteiger partial charge in [-0.25, -0.2) is 0 Å². The Morgan fingerprint density at radius 1 is 1.21 bits per heavy atom. The second-order valence-corrected chi connectivity index (χ2v) is 5.29. The van der Waals surface area contributed by atoms with Crippen molar-refractivity contribution in [1.82, 2.24) is 10.3 Å². The number of rotatable bonds is 4. The molecule has 98 valence electrons. The zero-order valence-electron chi connectivity index (χ0n) is 10.6. The Bertz CT molecular complexity index is 540. The molecule has 0 radical (unpaired) electrons. The summed E-state index contributed by atoms with van der Waals surface area (Å²) in [7, 11) is 0. The summed E-state index contributed by atoms with van der Waals surface area (Å²) in [6.45, 7) is 1.97. The standard InChI is InChI=1S/C15H15BrN2O/c1-11(13-6-8-17-9-7-13)18-15(19)10-12-2-4-14(16)5-3-12/h2-9,11H,10H2,1H3,(H,18,19). The zero-order valence-corrected chi connectivity index (χ0v) is 12.2. The first kappa shape index (κ1) is 13.7. The number of benzene rings is 1. The maximum absolute atomic E-state index is 11.9. The Morgan fingerprint density at radius 3 is 2.47 bits per heavy atom. The summed E-state index contributed by atoms with van der Waals surface area (Å²) in [6, 6.07) is 11.6. The molecule has 19 heavy (non-hydrogen) atoms. The van der Waals surface area contributed by atoms with Gasteiger partial charge in [-0.05, 0) is 42.3 Å². The number of nitrogens with one attached hydrogen (secondary N) is 1. The third-order valence-corrected chi connectivity index (χ3v) is 3.39. The largest absolute Gasteiger partial charge is 0.349 e. The van der Waals surface area contributed by atoms with Gasteiger partial charge in [0, 0.05) is 16.9 Å². The third kappa shape index (κ3) is 4.17. The first-order valence-corrected chi connectivity index (χ1v) is 6.88. The van der Waals surface area contributed by atoms with Crippen molar-refractivity contribution in [2.75, 3.05) is 0 Å². The van der Waals surface area contributed by atoms with Crippen LogP contribution in [-0.2, 0) is 11.2 Å². The Kier molecular flexibility index (Phi) is 4.68. The number of aromatic nitrogens is 1. The summed E-state index contributed by atoms with van der Waals surface area (Å²) in [5.74, 6) is 0.0200. The average Bonchev–Trinajstić information content (AvgIpc) is 2.42. The molecule has 0 spiro atoms. The smallest absolute Gasteiger partial charge is 0.224 e. The quantitative estimate of drug-likeness (QED) is 0.940. The van der Waals surface area contributed by atoms with E-state index in [1.54, 1.807) is 12.4 Å². The van der Waals surface area contributed by atoms with E-state index in [1.807, 2.05) is 43.3 Å². The highest BCUT2D eigenvalue weighted by molar-refractivity contribution is 9.10. The van der Waals surface area contributed by atoms with Gasteiger partial charge in [0.2, 0.25) is 5.91 Å². The van der Waals surface area contributed by atoms with Crippen LogP contribution in [0.15, 0.2) is 53.3 Å². The van der Waals surface area contributed by atoms with Crippen molar-refractivity contribution in [3.8, 4) is 0 Å². The van der Waals surface area contributed by atoms with E-state index in [1.165, 1.54) is 0 Å². The number of nitrogens with zero attached hydrogens (tertiary/aromatic N) is 1. The fraction of sp³-hybridized carbons (Fsp3) is 0.200. The first-order chi connectivity index (χ1) is 9.15. The van der Waals surface area contributed by atoms with E-state index in [2.05, 4.69) is 26.2 Å². The fourth-order valence-corrected chi connectivity index (χ4v) is 2.08. The monoisotopic (exact) mass is 318 g/mol. The van der Waals surface area contributed by atoms with Gasteiger partial charge in [-0.2, -0.15) is 0 Å². The number of pyridine rings is 1. The van der Waals surface area contributed by atoms with Gasteiger partial charge < -0.3 is 5.32 Å². The lowest BCUT2D eigenvalue weighted by atomic mass is 10.1. The average molecular weight is 319 g/mol. The van der Waals surface area contributed by atoms with Crippen molar-refractivity contribution >= 4 is 21.8 Å². The van der Waals surface area contributed by atoms with Crippen LogP contribution >= 0.6 is 15.9 Å². The van der Waals surface area contributed by atoms with Gasteiger partial charge in [0.05, 0.1) is 12.5 Å². The number of carbonyl (C=O) groups excluding carboxylic acids is 1. The fourth-order valence-electron chi connectivity index (χ4n) is 1.82. The van der Waals surface area contributed by atoms with Crippen LogP contribution in [0.2, 0.25) is 0 Å². The van der Waals surface area contributed by atoms with Crippen molar-refractivity contribution in [2.24, 2.45) is 0 Å². The number of carbonyl (C=O) groups is 1. The van der Waals surface area contributed by atoms with Crippen LogP contribution in [0, 0.1) is 0 Å². The molecule has 1 atom stereocenters. The van der Waals surface area contributed by atoms with Crippen LogP contribution < -0.4 is 5.32 Å². The molecule has 1 aromatic carbocycles. The minimum atomic E-state index is -0.00838. The van der Waals surface area contributed by atoms with Crippen LogP contribution in [0.3, 0.4) is 0 Å². The van der Waals surface area contributed by atoms with Gasteiger partial charge in [-0.3, -0.25) is 9.78 Å². The maximum atomic E-state index is 11.9. The van der Waals surface area contributed by atoms with Gasteiger partial charge in [0.25, 0.3) is 0 Å². The van der Waals surface area contributed by atoms with Gasteiger partial charge in [0.1, 0.15) is 0 Å². The second kappa shape index (κ2) is 6.48. The van der Waals surface area contributed by atoms with Crippen molar-refractivity contribution in [2.45, 2.75) is 19.4 Å². The summed E-state index contributed by atoms with van der Waals surface area (Å²) in [5, 5.41) is 2.98. The predicted octanol–water partition coefficient (Wildman–Crippen LogP) is 3.26. The van der Waals surface area contributed by atoms with Crippen LogP contribution in [0.5, 0.6) is 0 Å². The van der Waals surface area contributed by atoms with Crippen molar-refractivity contribution in [1.29, 1.82) is 0 Å². The molecule has 0 bridgehead atoms. The van der Waals surface area contributed by atoms with E-state index in [0.717, 1.165) is 15.6 Å². The molecular formula is C15H15BrN2O. The highest BCUT2D eigenvalue weighted by Gasteiger charge is 2.09. The molecule has 1 N–H and O–H groups in total.